The Morgan fingerprint density at radius 3 is 2.77 bits per heavy atom. The van der Waals surface area contributed by atoms with Crippen LogP contribution in [0, 0.1) is 23.7 Å². The summed E-state index contributed by atoms with van der Waals surface area (Å²) >= 11 is 0. The van der Waals surface area contributed by atoms with Crippen molar-refractivity contribution < 1.29 is 19.1 Å². The summed E-state index contributed by atoms with van der Waals surface area (Å²) < 4.78 is 6.44. The molecule has 4 saturated carbocycles. The van der Waals surface area contributed by atoms with Gasteiger partial charge in [-0.25, -0.2) is 0 Å². The van der Waals surface area contributed by atoms with Gasteiger partial charge in [0, 0.05) is 43.2 Å². The predicted octanol–water partition coefficient (Wildman–Crippen LogP) is 3.30. The summed E-state index contributed by atoms with van der Waals surface area (Å²) in [4.78, 5) is 41.0. The van der Waals surface area contributed by atoms with Crippen LogP contribution in [0.2, 0.25) is 0 Å². The van der Waals surface area contributed by atoms with E-state index in [1.54, 1.807) is 6.07 Å². The summed E-state index contributed by atoms with van der Waals surface area (Å²) in [5.41, 5.74) is -0.0976. The van der Waals surface area contributed by atoms with Crippen molar-refractivity contribution in [2.45, 2.75) is 69.6 Å². The second-order valence-electron chi connectivity index (χ2n) is 10.2. The summed E-state index contributed by atoms with van der Waals surface area (Å²) in [6.45, 7) is 0.582. The van der Waals surface area contributed by atoms with Crippen LogP contribution in [-0.2, 0) is 9.59 Å². The van der Waals surface area contributed by atoms with Crippen LogP contribution in [0.1, 0.15) is 68.1 Å². The lowest BCUT2D eigenvalue weighted by molar-refractivity contribution is -0.162. The Kier molecular flexibility index (Phi) is 4.41. The number of carbonyl (C=O) groups excluding carboxylic acids is 3. The third-order valence-electron chi connectivity index (χ3n) is 8.71. The van der Waals surface area contributed by atoms with Gasteiger partial charge in [-0.2, -0.15) is 0 Å². The molecule has 1 spiro atoms. The number of amides is 2. The molecule has 6 aliphatic rings. The van der Waals surface area contributed by atoms with E-state index in [4.69, 9.17) is 4.74 Å². The zero-order valence-electron chi connectivity index (χ0n) is 17.8. The lowest BCUT2D eigenvalue weighted by atomic mass is 9.59. The molecule has 6 nitrogen and oxygen atoms in total. The molecule has 7 rings (SSSR count). The van der Waals surface area contributed by atoms with Crippen molar-refractivity contribution in [2.75, 3.05) is 6.54 Å². The number of fused-ring (bicyclic) bond motifs is 4. The van der Waals surface area contributed by atoms with Crippen LogP contribution < -0.4 is 10.1 Å². The summed E-state index contributed by atoms with van der Waals surface area (Å²) in [5, 5.41) is 3.18. The summed E-state index contributed by atoms with van der Waals surface area (Å²) in [6.07, 6.45) is 8.04. The molecule has 1 N–H and O–H groups in total. The summed E-state index contributed by atoms with van der Waals surface area (Å²) in [6, 6.07) is 7.52. The molecule has 0 aromatic heterocycles. The number of para-hydroxylation sites is 1. The minimum Gasteiger partial charge on any atom is -0.467 e. The fraction of sp³-hybridized carbons (Fsp3) is 0.640. The molecule has 5 fully saturated rings. The van der Waals surface area contributed by atoms with E-state index in [-0.39, 0.29) is 41.5 Å². The number of carbonyl (C=O) groups is 3. The Labute approximate surface area is 182 Å². The average molecular weight is 423 g/mol. The van der Waals surface area contributed by atoms with Crippen molar-refractivity contribution in [3.63, 3.8) is 0 Å². The highest BCUT2D eigenvalue weighted by Gasteiger charge is 2.58. The number of ketones is 1. The van der Waals surface area contributed by atoms with Gasteiger partial charge in [0.1, 0.15) is 11.5 Å². The molecule has 0 unspecified atom stereocenters. The van der Waals surface area contributed by atoms with Gasteiger partial charge in [0.25, 0.3) is 5.91 Å². The number of piperidine rings is 1. The molecular weight excluding hydrogens is 392 g/mol. The van der Waals surface area contributed by atoms with E-state index in [2.05, 4.69) is 10.2 Å². The van der Waals surface area contributed by atoms with Gasteiger partial charge in [-0.15, -0.1) is 0 Å². The minimum absolute atomic E-state index is 0.0159. The first-order valence-electron chi connectivity index (χ1n) is 12.0. The first-order valence-corrected chi connectivity index (χ1v) is 12.0. The van der Waals surface area contributed by atoms with Crippen LogP contribution in [0.15, 0.2) is 24.3 Å². The van der Waals surface area contributed by atoms with Crippen LogP contribution in [0.4, 0.5) is 0 Å². The van der Waals surface area contributed by atoms with Gasteiger partial charge in [0.15, 0.2) is 5.72 Å². The van der Waals surface area contributed by atoms with Crippen LogP contribution in [0.25, 0.3) is 0 Å². The highest BCUT2D eigenvalue weighted by molar-refractivity contribution is 5.98. The van der Waals surface area contributed by atoms with Gasteiger partial charge in [-0.1, -0.05) is 25.0 Å². The fourth-order valence-electron chi connectivity index (χ4n) is 7.19. The first-order chi connectivity index (χ1) is 15.1. The second-order valence-corrected chi connectivity index (χ2v) is 10.2. The van der Waals surface area contributed by atoms with Crippen LogP contribution in [0.5, 0.6) is 5.75 Å². The first kappa shape index (κ1) is 19.3. The van der Waals surface area contributed by atoms with Crippen molar-refractivity contribution in [3.05, 3.63) is 29.8 Å². The maximum absolute atomic E-state index is 13.7. The Balaban J connectivity index is 1.23. The molecule has 1 aromatic rings. The maximum atomic E-state index is 13.7. The zero-order chi connectivity index (χ0) is 21.2. The molecule has 164 valence electrons. The van der Waals surface area contributed by atoms with E-state index in [0.29, 0.717) is 36.5 Å². The highest BCUT2D eigenvalue weighted by Crippen LogP contribution is 2.53. The Morgan fingerprint density at radius 2 is 1.94 bits per heavy atom. The molecule has 31 heavy (non-hydrogen) atoms. The quantitative estimate of drug-likeness (QED) is 0.754. The van der Waals surface area contributed by atoms with Gasteiger partial charge in [-0.3, -0.25) is 14.4 Å². The number of nitrogens with one attached hydrogen (secondary N) is 1. The molecule has 6 heteroatoms. The summed E-state index contributed by atoms with van der Waals surface area (Å²) in [5.74, 6) is 1.57. The van der Waals surface area contributed by atoms with E-state index in [1.807, 2.05) is 18.2 Å². The maximum Gasteiger partial charge on any atom is 0.258 e. The number of benzene rings is 1. The Hall–Kier alpha value is -2.37. The normalized spacial score (nSPS) is 38.8. The van der Waals surface area contributed by atoms with Crippen LogP contribution >= 0.6 is 0 Å². The Bertz CT molecular complexity index is 945. The molecule has 1 aromatic carbocycles. The van der Waals surface area contributed by atoms with Gasteiger partial charge >= 0.3 is 0 Å². The fourth-order valence-corrected chi connectivity index (χ4v) is 7.19. The van der Waals surface area contributed by atoms with Crippen molar-refractivity contribution in [2.24, 2.45) is 23.7 Å². The molecular formula is C25H30N2O4. The SMILES string of the molecule is O=C1N[C@]2(C[C@H]3CC[C@H]2C[C@@H]3C(=O)N2CCC(=O)[C@@H]3CCCC[C@H]32)Oc2ccccc21. The third kappa shape index (κ3) is 2.94. The van der Waals surface area contributed by atoms with Crippen molar-refractivity contribution in [3.8, 4) is 5.75 Å². The zero-order valence-corrected chi connectivity index (χ0v) is 17.8. The lowest BCUT2D eigenvalue weighted by Gasteiger charge is -2.56. The molecule has 2 bridgehead atoms. The molecule has 2 amide bonds. The predicted molar refractivity (Wildman–Crippen MR) is 113 cm³/mol. The number of ether oxygens (including phenoxy) is 1. The molecule has 1 saturated heterocycles. The number of nitrogens with zero attached hydrogens (tertiary/aromatic N) is 1. The largest absolute Gasteiger partial charge is 0.467 e. The monoisotopic (exact) mass is 422 g/mol. The van der Waals surface area contributed by atoms with Gasteiger partial charge < -0.3 is 15.0 Å². The van der Waals surface area contributed by atoms with E-state index in [1.165, 1.54) is 0 Å². The second kappa shape index (κ2) is 7.07. The van der Waals surface area contributed by atoms with Crippen molar-refractivity contribution in [1.82, 2.24) is 10.2 Å². The van der Waals surface area contributed by atoms with Crippen molar-refractivity contribution in [1.29, 1.82) is 0 Å². The standard InChI is InChI=1S/C25H30N2O4/c28-21-11-12-27(20-7-3-1-5-17(20)21)24(30)19-13-16-10-9-15(19)14-25(16)26-23(29)18-6-2-4-8-22(18)31-25/h2,4,6,8,15-17,19-20H,1,3,5,7,9-14H2,(H,26,29)/t15-,16+,17-,19+,20-,25-/m1/s1. The average Bonchev–Trinajstić information content (AvgIpc) is 2.79. The lowest BCUT2D eigenvalue weighted by Crippen LogP contribution is -2.67. The van der Waals surface area contributed by atoms with Crippen LogP contribution in [-0.4, -0.2) is 40.8 Å². The van der Waals surface area contributed by atoms with E-state index >= 15 is 0 Å². The number of Topliss-reactive ketones (excluding diaryl/α,β-unsaturated/α-hetero) is 1. The molecule has 4 aliphatic carbocycles. The van der Waals surface area contributed by atoms with Gasteiger partial charge in [-0.05, 0) is 50.2 Å². The number of hydrogen-bond acceptors (Lipinski definition) is 4. The van der Waals surface area contributed by atoms with Gasteiger partial charge in [0.2, 0.25) is 5.91 Å². The van der Waals surface area contributed by atoms with Crippen molar-refractivity contribution >= 4 is 17.6 Å². The summed E-state index contributed by atoms with van der Waals surface area (Å²) in [7, 11) is 0. The minimum atomic E-state index is -0.684. The highest BCUT2D eigenvalue weighted by atomic mass is 16.5. The van der Waals surface area contributed by atoms with Crippen LogP contribution in [0.3, 0.4) is 0 Å². The number of likely N-dealkylation sites (tertiary alicyclic amines) is 1. The molecule has 0 radical (unpaired) electrons. The van der Waals surface area contributed by atoms with E-state index in [0.717, 1.165) is 44.9 Å². The van der Waals surface area contributed by atoms with E-state index < -0.39 is 5.72 Å². The smallest absolute Gasteiger partial charge is 0.258 e. The molecule has 6 atom stereocenters. The van der Waals surface area contributed by atoms with Gasteiger partial charge in [0.05, 0.1) is 5.56 Å². The Morgan fingerprint density at radius 1 is 1.10 bits per heavy atom. The topological polar surface area (TPSA) is 75.7 Å². The number of hydrogen-bond donors (Lipinski definition) is 1. The molecule has 2 aliphatic heterocycles. The number of rotatable bonds is 1. The van der Waals surface area contributed by atoms with E-state index in [9.17, 15) is 14.4 Å². The third-order valence-corrected chi connectivity index (χ3v) is 8.71. The molecule has 2 heterocycles.